The molecule has 0 saturated heterocycles. The highest BCUT2D eigenvalue weighted by atomic mass is 16.4. The first kappa shape index (κ1) is 15.2. The van der Waals surface area contributed by atoms with Gasteiger partial charge >= 0.3 is 5.97 Å². The number of hydrogen-bond donors (Lipinski definition) is 5. The van der Waals surface area contributed by atoms with Crippen molar-refractivity contribution < 1.29 is 9.90 Å². The molecule has 8 nitrogen and oxygen atoms in total. The SMILES string of the molecule is C=NC(=N)C=C(NC)Nc1cc(C)c(C(=O)O)[nH]c1=O. The lowest BCUT2D eigenvalue weighted by Gasteiger charge is -2.11. The van der Waals surface area contributed by atoms with Crippen molar-refractivity contribution in [1.82, 2.24) is 10.3 Å². The molecule has 0 unspecified atom stereocenters. The molecule has 0 radical (unpaired) electrons. The van der Waals surface area contributed by atoms with E-state index in [0.717, 1.165) is 0 Å². The van der Waals surface area contributed by atoms with Crippen LogP contribution in [0.15, 0.2) is 27.8 Å². The molecule has 0 spiro atoms. The topological polar surface area (TPSA) is 130 Å². The highest BCUT2D eigenvalue weighted by Crippen LogP contribution is 2.09. The lowest BCUT2D eigenvalue weighted by molar-refractivity contribution is 0.0689. The van der Waals surface area contributed by atoms with E-state index >= 15 is 0 Å². The van der Waals surface area contributed by atoms with E-state index in [1.807, 2.05) is 0 Å². The van der Waals surface area contributed by atoms with Crippen LogP contribution in [0.25, 0.3) is 0 Å². The number of aromatic nitrogens is 1. The summed E-state index contributed by atoms with van der Waals surface area (Å²) in [6, 6.07) is 1.42. The van der Waals surface area contributed by atoms with Gasteiger partial charge < -0.3 is 20.7 Å². The largest absolute Gasteiger partial charge is 0.477 e. The molecule has 0 saturated carbocycles. The summed E-state index contributed by atoms with van der Waals surface area (Å²) in [4.78, 5) is 28.4. The van der Waals surface area contributed by atoms with Gasteiger partial charge in [-0.05, 0) is 25.3 Å². The molecule has 20 heavy (non-hydrogen) atoms. The monoisotopic (exact) mass is 277 g/mol. The first-order chi connectivity index (χ1) is 9.38. The molecular formula is C12H15N5O3. The number of nitrogens with zero attached hydrogens (tertiary/aromatic N) is 1. The number of carbonyl (C=O) groups is 1. The van der Waals surface area contributed by atoms with Gasteiger partial charge in [-0.1, -0.05) is 0 Å². The van der Waals surface area contributed by atoms with Crippen LogP contribution >= 0.6 is 0 Å². The Labute approximate surface area is 114 Å². The Balaban J connectivity index is 3.16. The number of aliphatic imine (C=N–C) groups is 1. The first-order valence-electron chi connectivity index (χ1n) is 5.58. The first-order valence-corrected chi connectivity index (χ1v) is 5.58. The minimum absolute atomic E-state index is 0.0860. The second-order valence-electron chi connectivity index (χ2n) is 3.85. The van der Waals surface area contributed by atoms with Gasteiger partial charge in [-0.25, -0.2) is 9.79 Å². The Morgan fingerprint density at radius 3 is 2.75 bits per heavy atom. The molecule has 0 aliphatic carbocycles. The Hall–Kier alpha value is -2.90. The molecule has 1 aromatic heterocycles. The Bertz CT molecular complexity index is 645. The number of carboxylic acids is 1. The van der Waals surface area contributed by atoms with Gasteiger partial charge in [0.05, 0.1) is 0 Å². The average Bonchev–Trinajstić information content (AvgIpc) is 2.40. The number of aryl methyl sites for hydroxylation is 1. The Morgan fingerprint density at radius 1 is 1.60 bits per heavy atom. The third-order valence-electron chi connectivity index (χ3n) is 2.44. The maximum Gasteiger partial charge on any atom is 0.352 e. The third-order valence-corrected chi connectivity index (χ3v) is 2.44. The molecule has 0 atom stereocenters. The zero-order valence-electron chi connectivity index (χ0n) is 11.1. The maximum atomic E-state index is 11.8. The molecule has 0 aliphatic heterocycles. The third kappa shape index (κ3) is 3.55. The van der Waals surface area contributed by atoms with Crippen LogP contribution in [0, 0.1) is 12.3 Å². The summed E-state index contributed by atoms with van der Waals surface area (Å²) < 4.78 is 0. The van der Waals surface area contributed by atoms with Crippen LogP contribution in [0.5, 0.6) is 0 Å². The number of aromatic carboxylic acids is 1. The van der Waals surface area contributed by atoms with E-state index in [1.165, 1.54) is 12.1 Å². The summed E-state index contributed by atoms with van der Waals surface area (Å²) in [5, 5.41) is 21.8. The number of pyridine rings is 1. The van der Waals surface area contributed by atoms with Crippen molar-refractivity contribution >= 4 is 24.2 Å². The van der Waals surface area contributed by atoms with E-state index < -0.39 is 11.5 Å². The number of anilines is 1. The van der Waals surface area contributed by atoms with Crippen LogP contribution < -0.4 is 16.2 Å². The highest BCUT2D eigenvalue weighted by Gasteiger charge is 2.11. The minimum atomic E-state index is -1.20. The summed E-state index contributed by atoms with van der Waals surface area (Å²) >= 11 is 0. The summed E-state index contributed by atoms with van der Waals surface area (Å²) in [5.74, 6) is -0.930. The van der Waals surface area contributed by atoms with Crippen molar-refractivity contribution in [3.63, 3.8) is 0 Å². The van der Waals surface area contributed by atoms with E-state index in [9.17, 15) is 9.59 Å². The Morgan fingerprint density at radius 2 is 2.25 bits per heavy atom. The number of aromatic amines is 1. The lowest BCUT2D eigenvalue weighted by Crippen LogP contribution is -2.23. The number of amidine groups is 1. The predicted molar refractivity (Wildman–Crippen MR) is 76.8 cm³/mol. The lowest BCUT2D eigenvalue weighted by atomic mass is 10.2. The van der Waals surface area contributed by atoms with Crippen molar-refractivity contribution in [1.29, 1.82) is 5.41 Å². The minimum Gasteiger partial charge on any atom is -0.477 e. The Kier molecular flexibility index (Phi) is 4.79. The van der Waals surface area contributed by atoms with Gasteiger partial charge in [0.15, 0.2) is 0 Å². The zero-order valence-corrected chi connectivity index (χ0v) is 11.1. The summed E-state index contributed by atoms with van der Waals surface area (Å²) in [7, 11) is 1.60. The van der Waals surface area contributed by atoms with Gasteiger partial charge in [-0.15, -0.1) is 0 Å². The van der Waals surface area contributed by atoms with Crippen LogP contribution in [0.2, 0.25) is 0 Å². The van der Waals surface area contributed by atoms with Gasteiger partial charge in [-0.2, -0.15) is 0 Å². The van der Waals surface area contributed by atoms with E-state index in [4.69, 9.17) is 10.5 Å². The van der Waals surface area contributed by atoms with Gasteiger partial charge in [-0.3, -0.25) is 10.2 Å². The average molecular weight is 277 g/mol. The van der Waals surface area contributed by atoms with Crippen molar-refractivity contribution in [2.45, 2.75) is 6.92 Å². The fourth-order valence-corrected chi connectivity index (χ4v) is 1.45. The standard InChI is InChI=1S/C12H15N5O3/c1-6-4-7(11(18)17-10(6)12(19)20)16-9(15-3)5-8(13)14-2/h4-5,13,15-16H,2H2,1,3H3,(H,17,18)(H,19,20). The summed E-state index contributed by atoms with van der Waals surface area (Å²) in [5.41, 5.74) is -0.166. The molecule has 0 aliphatic rings. The molecule has 0 bridgehead atoms. The number of rotatable bonds is 5. The molecular weight excluding hydrogens is 262 g/mol. The molecule has 0 aromatic carbocycles. The number of nitrogens with one attached hydrogen (secondary N) is 4. The van der Waals surface area contributed by atoms with Crippen LogP contribution in [0.3, 0.4) is 0 Å². The van der Waals surface area contributed by atoms with E-state index in [0.29, 0.717) is 11.4 Å². The summed E-state index contributed by atoms with van der Waals surface area (Å²) in [6.45, 7) is 4.78. The quantitative estimate of drug-likeness (QED) is 0.396. The van der Waals surface area contributed by atoms with Crippen molar-refractivity contribution in [3.05, 3.63) is 39.6 Å². The van der Waals surface area contributed by atoms with Crippen molar-refractivity contribution in [2.75, 3.05) is 12.4 Å². The predicted octanol–water partition coefficient (Wildman–Crippen LogP) is 0.532. The van der Waals surface area contributed by atoms with Crippen molar-refractivity contribution in [2.24, 2.45) is 4.99 Å². The molecule has 0 fully saturated rings. The van der Waals surface area contributed by atoms with Gasteiger partial charge in [0.2, 0.25) is 0 Å². The zero-order chi connectivity index (χ0) is 15.3. The molecule has 1 rings (SSSR count). The van der Waals surface area contributed by atoms with E-state index in [1.54, 1.807) is 14.0 Å². The van der Waals surface area contributed by atoms with E-state index in [2.05, 4.69) is 27.3 Å². The number of hydrogen-bond acceptors (Lipinski definition) is 5. The molecule has 8 heteroatoms. The highest BCUT2D eigenvalue weighted by molar-refractivity contribution is 5.94. The van der Waals surface area contributed by atoms with Crippen LogP contribution in [-0.4, -0.2) is 35.7 Å². The molecule has 0 amide bonds. The van der Waals surface area contributed by atoms with Gasteiger partial charge in [0.25, 0.3) is 5.56 Å². The molecule has 5 N–H and O–H groups in total. The second kappa shape index (κ2) is 6.32. The van der Waals surface area contributed by atoms with Gasteiger partial charge in [0, 0.05) is 13.1 Å². The molecule has 1 aromatic rings. The summed E-state index contributed by atoms with van der Waals surface area (Å²) in [6.07, 6.45) is 1.34. The molecule has 106 valence electrons. The van der Waals surface area contributed by atoms with E-state index in [-0.39, 0.29) is 17.2 Å². The normalized spacial score (nSPS) is 10.8. The number of carboxylic acid groups (broad SMARTS) is 1. The van der Waals surface area contributed by atoms with Crippen LogP contribution in [0.1, 0.15) is 16.1 Å². The van der Waals surface area contributed by atoms with Crippen molar-refractivity contribution in [3.8, 4) is 0 Å². The van der Waals surface area contributed by atoms with Gasteiger partial charge in [0.1, 0.15) is 23.0 Å². The smallest absolute Gasteiger partial charge is 0.352 e. The number of H-pyrrole nitrogens is 1. The second-order valence-corrected chi connectivity index (χ2v) is 3.85. The fourth-order valence-electron chi connectivity index (χ4n) is 1.45. The van der Waals surface area contributed by atoms with Crippen LogP contribution in [0.4, 0.5) is 5.69 Å². The maximum absolute atomic E-state index is 11.8. The molecule has 1 heterocycles. The van der Waals surface area contributed by atoms with Crippen LogP contribution in [-0.2, 0) is 0 Å². The fraction of sp³-hybridized carbons (Fsp3) is 0.167.